The van der Waals surface area contributed by atoms with Gasteiger partial charge in [0.15, 0.2) is 0 Å². The zero-order valence-electron chi connectivity index (χ0n) is 5.71. The normalized spacial score (nSPS) is 9.09. The first-order valence-electron chi connectivity index (χ1n) is 3.01. The van der Waals surface area contributed by atoms with Crippen molar-refractivity contribution in [2.24, 2.45) is 0 Å². The third kappa shape index (κ3) is 2.05. The molecule has 1 aromatic heterocycles. The number of nitrogens with zero attached hydrogens (tertiary/aromatic N) is 2. The predicted molar refractivity (Wildman–Crippen MR) is 50.7 cm³/mol. The van der Waals surface area contributed by atoms with Crippen molar-refractivity contribution >= 4 is 28.3 Å². The van der Waals surface area contributed by atoms with Crippen LogP contribution in [0.5, 0.6) is 0 Å². The SMILES string of the molecule is N#CCc1ncc(I)cc1N. The molecule has 56 valence electrons. The van der Waals surface area contributed by atoms with Crippen LogP contribution >= 0.6 is 22.6 Å². The van der Waals surface area contributed by atoms with Gasteiger partial charge in [0.05, 0.1) is 23.9 Å². The second kappa shape index (κ2) is 3.53. The van der Waals surface area contributed by atoms with Crippen molar-refractivity contribution in [2.75, 3.05) is 5.73 Å². The molecule has 3 nitrogen and oxygen atoms in total. The maximum Gasteiger partial charge on any atom is 0.0795 e. The maximum absolute atomic E-state index is 8.37. The average molecular weight is 259 g/mol. The van der Waals surface area contributed by atoms with Gasteiger partial charge in [0, 0.05) is 9.77 Å². The van der Waals surface area contributed by atoms with E-state index in [2.05, 4.69) is 27.6 Å². The topological polar surface area (TPSA) is 62.7 Å². The number of nitrogens with two attached hydrogens (primary N) is 1. The largest absolute Gasteiger partial charge is 0.397 e. The van der Waals surface area contributed by atoms with E-state index in [0.29, 0.717) is 11.4 Å². The Bertz CT molecular complexity index is 303. The van der Waals surface area contributed by atoms with Gasteiger partial charge >= 0.3 is 0 Å². The van der Waals surface area contributed by atoms with Crippen LogP contribution in [0.25, 0.3) is 0 Å². The number of rotatable bonds is 1. The van der Waals surface area contributed by atoms with Gasteiger partial charge in [-0.15, -0.1) is 0 Å². The number of hydrogen-bond acceptors (Lipinski definition) is 3. The van der Waals surface area contributed by atoms with Gasteiger partial charge in [0.2, 0.25) is 0 Å². The highest BCUT2D eigenvalue weighted by atomic mass is 127. The Morgan fingerprint density at radius 2 is 2.45 bits per heavy atom. The molecule has 0 aliphatic carbocycles. The third-order valence-corrected chi connectivity index (χ3v) is 1.81. The molecule has 0 saturated heterocycles. The van der Waals surface area contributed by atoms with Crippen LogP contribution in [0.4, 0.5) is 5.69 Å². The smallest absolute Gasteiger partial charge is 0.0795 e. The molecule has 0 spiro atoms. The summed E-state index contributed by atoms with van der Waals surface area (Å²) in [6.07, 6.45) is 1.98. The molecule has 0 amide bonds. The highest BCUT2D eigenvalue weighted by molar-refractivity contribution is 14.1. The number of nitrogen functional groups attached to an aromatic ring is 1. The van der Waals surface area contributed by atoms with Crippen molar-refractivity contribution in [1.82, 2.24) is 4.98 Å². The van der Waals surface area contributed by atoms with Crippen LogP contribution in [0.3, 0.4) is 0 Å². The standard InChI is InChI=1S/C7H6IN3/c8-5-3-6(10)7(1-2-9)11-4-5/h3-4H,1,10H2. The Balaban J connectivity index is 3.01. The van der Waals surface area contributed by atoms with Gasteiger partial charge in [0.25, 0.3) is 0 Å². The summed E-state index contributed by atoms with van der Waals surface area (Å²) in [7, 11) is 0. The molecule has 0 aromatic carbocycles. The maximum atomic E-state index is 8.37. The molecule has 0 atom stereocenters. The number of pyridine rings is 1. The van der Waals surface area contributed by atoms with E-state index in [0.717, 1.165) is 3.57 Å². The second-order valence-corrected chi connectivity index (χ2v) is 3.27. The fraction of sp³-hybridized carbons (Fsp3) is 0.143. The Kier molecular flexibility index (Phi) is 2.65. The monoisotopic (exact) mass is 259 g/mol. The van der Waals surface area contributed by atoms with Crippen LogP contribution in [-0.4, -0.2) is 4.98 Å². The number of anilines is 1. The molecule has 1 aromatic rings. The van der Waals surface area contributed by atoms with Crippen LogP contribution in [0.15, 0.2) is 12.3 Å². The molecule has 4 heteroatoms. The molecular formula is C7H6IN3. The molecule has 0 aliphatic heterocycles. The van der Waals surface area contributed by atoms with Crippen molar-refractivity contribution in [3.05, 3.63) is 21.5 Å². The van der Waals surface area contributed by atoms with Gasteiger partial charge in [-0.05, 0) is 28.7 Å². The molecule has 0 radical (unpaired) electrons. The van der Waals surface area contributed by atoms with E-state index in [1.165, 1.54) is 0 Å². The summed E-state index contributed by atoms with van der Waals surface area (Å²) in [5, 5.41) is 8.37. The summed E-state index contributed by atoms with van der Waals surface area (Å²) in [6.45, 7) is 0. The molecule has 0 bridgehead atoms. The van der Waals surface area contributed by atoms with Gasteiger partial charge in [-0.2, -0.15) is 5.26 Å². The zero-order chi connectivity index (χ0) is 8.27. The lowest BCUT2D eigenvalue weighted by Gasteiger charge is -1.98. The van der Waals surface area contributed by atoms with Gasteiger partial charge in [-0.3, -0.25) is 4.98 Å². The Morgan fingerprint density at radius 1 is 1.73 bits per heavy atom. The lowest BCUT2D eigenvalue weighted by Crippen LogP contribution is -1.97. The van der Waals surface area contributed by atoms with E-state index in [9.17, 15) is 0 Å². The van der Waals surface area contributed by atoms with Crippen LogP contribution < -0.4 is 5.73 Å². The summed E-state index contributed by atoms with van der Waals surface area (Å²) < 4.78 is 0.988. The molecule has 0 saturated carbocycles. The van der Waals surface area contributed by atoms with E-state index < -0.39 is 0 Å². The van der Waals surface area contributed by atoms with E-state index in [1.807, 2.05) is 6.07 Å². The number of hydrogen-bond donors (Lipinski definition) is 1. The number of aromatic nitrogens is 1. The first kappa shape index (κ1) is 8.27. The van der Waals surface area contributed by atoms with Crippen molar-refractivity contribution in [3.8, 4) is 6.07 Å². The van der Waals surface area contributed by atoms with E-state index in [1.54, 1.807) is 12.3 Å². The molecule has 11 heavy (non-hydrogen) atoms. The Morgan fingerprint density at radius 3 is 3.00 bits per heavy atom. The van der Waals surface area contributed by atoms with Crippen LogP contribution in [0, 0.1) is 14.9 Å². The predicted octanol–water partition coefficient (Wildman–Crippen LogP) is 1.33. The molecular weight excluding hydrogens is 253 g/mol. The summed E-state index contributed by atoms with van der Waals surface area (Å²) in [5.41, 5.74) is 6.84. The minimum absolute atomic E-state index is 0.281. The van der Waals surface area contributed by atoms with Crippen molar-refractivity contribution in [3.63, 3.8) is 0 Å². The highest BCUT2D eigenvalue weighted by Crippen LogP contribution is 2.12. The molecule has 0 fully saturated rings. The van der Waals surface area contributed by atoms with Crippen molar-refractivity contribution in [1.29, 1.82) is 5.26 Å². The molecule has 0 unspecified atom stereocenters. The van der Waals surface area contributed by atoms with Gasteiger partial charge < -0.3 is 5.73 Å². The lowest BCUT2D eigenvalue weighted by atomic mass is 10.2. The summed E-state index contributed by atoms with van der Waals surface area (Å²) in [5.74, 6) is 0. The van der Waals surface area contributed by atoms with Crippen LogP contribution in [0.2, 0.25) is 0 Å². The fourth-order valence-electron chi connectivity index (χ4n) is 0.706. The fourth-order valence-corrected chi connectivity index (χ4v) is 1.18. The van der Waals surface area contributed by atoms with E-state index in [-0.39, 0.29) is 6.42 Å². The lowest BCUT2D eigenvalue weighted by molar-refractivity contribution is 1.11. The zero-order valence-corrected chi connectivity index (χ0v) is 7.87. The van der Waals surface area contributed by atoms with Gasteiger partial charge in [-0.25, -0.2) is 0 Å². The number of nitriles is 1. The molecule has 1 rings (SSSR count). The second-order valence-electron chi connectivity index (χ2n) is 2.02. The summed E-state index contributed by atoms with van der Waals surface area (Å²) in [4.78, 5) is 4.01. The van der Waals surface area contributed by atoms with Gasteiger partial charge in [0.1, 0.15) is 0 Å². The first-order chi connectivity index (χ1) is 5.24. The van der Waals surface area contributed by atoms with Crippen molar-refractivity contribution in [2.45, 2.75) is 6.42 Å². The first-order valence-corrected chi connectivity index (χ1v) is 4.08. The Hall–Kier alpha value is -0.830. The van der Waals surface area contributed by atoms with E-state index in [4.69, 9.17) is 11.0 Å². The van der Waals surface area contributed by atoms with Crippen LogP contribution in [0.1, 0.15) is 5.69 Å². The summed E-state index contributed by atoms with van der Waals surface area (Å²) in [6, 6.07) is 3.81. The quantitative estimate of drug-likeness (QED) is 0.774. The average Bonchev–Trinajstić information content (AvgIpc) is 1.95. The summed E-state index contributed by atoms with van der Waals surface area (Å²) >= 11 is 2.13. The van der Waals surface area contributed by atoms with Gasteiger partial charge in [-0.1, -0.05) is 0 Å². The minimum Gasteiger partial charge on any atom is -0.397 e. The Labute approximate surface area is 78.4 Å². The third-order valence-electron chi connectivity index (χ3n) is 1.22. The highest BCUT2D eigenvalue weighted by Gasteiger charge is 1.99. The van der Waals surface area contributed by atoms with Crippen LogP contribution in [-0.2, 0) is 6.42 Å². The molecule has 0 aliphatic rings. The number of halogens is 1. The van der Waals surface area contributed by atoms with Crippen molar-refractivity contribution < 1.29 is 0 Å². The minimum atomic E-state index is 0.281. The van der Waals surface area contributed by atoms with E-state index >= 15 is 0 Å². The molecule has 1 heterocycles. The molecule has 2 N–H and O–H groups in total.